The smallest absolute Gasteiger partial charge is 0.345 e. The first kappa shape index (κ1) is 80.9. The second kappa shape index (κ2) is 42.2. The molecule has 0 radical (unpaired) electrons. The van der Waals surface area contributed by atoms with Gasteiger partial charge in [-0.15, -0.1) is 0 Å². The van der Waals surface area contributed by atoms with Crippen LogP contribution < -0.4 is 30.4 Å². The van der Waals surface area contributed by atoms with Gasteiger partial charge in [-0.25, -0.2) is 20.3 Å². The highest BCUT2D eigenvalue weighted by atomic mass is 35.5. The Morgan fingerprint density at radius 3 is 1.02 bits per heavy atom. The van der Waals surface area contributed by atoms with E-state index in [1.807, 2.05) is 158 Å². The molecular weight excluding hydrogens is 1350 g/mol. The summed E-state index contributed by atoms with van der Waals surface area (Å²) in [5.41, 5.74) is 5.32. The minimum absolute atomic E-state index is 0.0448. The van der Waals surface area contributed by atoms with Crippen molar-refractivity contribution in [2.75, 3.05) is 18.2 Å². The van der Waals surface area contributed by atoms with Crippen LogP contribution in [0.5, 0.6) is 11.5 Å². The van der Waals surface area contributed by atoms with Crippen LogP contribution in [-0.4, -0.2) is 102 Å². The van der Waals surface area contributed by atoms with Gasteiger partial charge >= 0.3 is 39.2 Å². The van der Waals surface area contributed by atoms with Crippen molar-refractivity contribution in [2.24, 2.45) is 0 Å². The first-order valence-corrected chi connectivity index (χ1v) is 36.8. The summed E-state index contributed by atoms with van der Waals surface area (Å²) >= 11 is 5.79. The number of carbonyl (C=O) groups excluding carboxylic acids is 6. The van der Waals surface area contributed by atoms with Gasteiger partial charge in [-0.1, -0.05) is 206 Å². The molecule has 0 aromatic heterocycles. The summed E-state index contributed by atoms with van der Waals surface area (Å²) in [6, 6.07) is 63.5. The first-order chi connectivity index (χ1) is 48.4. The summed E-state index contributed by atoms with van der Waals surface area (Å²) in [6.45, 7) is 13.1. The van der Waals surface area contributed by atoms with Crippen LogP contribution in [0.3, 0.4) is 0 Å². The van der Waals surface area contributed by atoms with E-state index in [1.54, 1.807) is 122 Å². The summed E-state index contributed by atoms with van der Waals surface area (Å²) < 4.78 is 67.6. The number of para-hydroxylation sites is 3. The molecule has 536 valence electrons. The van der Waals surface area contributed by atoms with Crippen molar-refractivity contribution < 1.29 is 75.7 Å². The maximum atomic E-state index is 14.8. The topological polar surface area (TPSA) is 282 Å². The molecule has 0 aliphatic rings. The number of rotatable bonds is 35. The average Bonchev–Trinajstić information content (AvgIpc) is 0.835. The molecule has 24 heteroatoms. The van der Waals surface area contributed by atoms with Crippen molar-refractivity contribution in [3.05, 3.63) is 269 Å². The van der Waals surface area contributed by atoms with Gasteiger partial charge in [-0.2, -0.15) is 0 Å². The van der Waals surface area contributed by atoms with Gasteiger partial charge in [-0.3, -0.25) is 46.9 Å². The van der Waals surface area contributed by atoms with Gasteiger partial charge < -0.3 is 34.1 Å². The number of alkyl halides is 1. The fourth-order valence-electron chi connectivity index (χ4n) is 9.75. The number of carbonyl (C=O) groups is 6. The number of hydrogen-bond acceptors (Lipinski definition) is 16. The zero-order chi connectivity index (χ0) is 73.2. The summed E-state index contributed by atoms with van der Waals surface area (Å²) in [4.78, 5) is 77.6. The minimum Gasteiger partial charge on any atom is -0.507 e. The maximum absolute atomic E-state index is 14.8. The highest BCUT2D eigenvalue weighted by Gasteiger charge is 2.39. The Morgan fingerprint density at radius 2 is 0.683 bits per heavy atom. The number of ether oxygens (including phenoxy) is 5. The number of amides is 1. The quantitative estimate of drug-likeness (QED) is 0.00537. The van der Waals surface area contributed by atoms with E-state index >= 15 is 0 Å². The molecule has 6 N–H and O–H groups in total. The van der Waals surface area contributed by atoms with Gasteiger partial charge in [0, 0.05) is 12.1 Å². The molecule has 0 aliphatic carbocycles. The summed E-state index contributed by atoms with van der Waals surface area (Å²) in [7, 11) is -8.39. The van der Waals surface area contributed by atoms with Crippen molar-refractivity contribution in [3.63, 3.8) is 0 Å². The summed E-state index contributed by atoms with van der Waals surface area (Å²) in [5, 5.41) is 23.6. The van der Waals surface area contributed by atoms with Crippen molar-refractivity contribution >= 4 is 68.2 Å². The van der Waals surface area contributed by atoms with Crippen LogP contribution in [0.15, 0.2) is 231 Å². The van der Waals surface area contributed by atoms with E-state index in [-0.39, 0.29) is 60.7 Å². The number of aromatic hydroxyl groups is 1. The van der Waals surface area contributed by atoms with Crippen molar-refractivity contribution in [3.8, 4) is 11.5 Å². The number of phenols is 1. The molecule has 0 aliphatic heterocycles. The molecule has 0 unspecified atom stereocenters. The van der Waals surface area contributed by atoms with Crippen LogP contribution in [0.25, 0.3) is 0 Å². The SMILES string of the molecule is CC(C)OC(=O)[C@H](Cc1ccccc1)NP(=O)(N[C@@H](Cc1ccccc1)C(=O)OC(C)C)OCCl.CC(C)OC(=O)[C@H](Cc1ccccc1)NP(=O)(N[C@@H](Cc1ccccc1)C(=O)OC(C)C)OCOc1ccccc1C(=O)Nc1ccccc1.O=C(Cc1ccccc1)c1ccccc1O. The number of Topliss-reactive ketones (excluding diaryl/α,β-unsaturated/α-hetero) is 1. The number of ketones is 1. The molecule has 0 bridgehead atoms. The van der Waals surface area contributed by atoms with E-state index < -0.39 is 94.4 Å². The molecule has 0 heterocycles. The van der Waals surface area contributed by atoms with Gasteiger partial charge in [0.2, 0.25) is 0 Å². The molecule has 8 rings (SSSR count). The zero-order valence-electron chi connectivity index (χ0n) is 57.9. The number of phenolic OH excluding ortho intramolecular Hbond substituents is 1. The lowest BCUT2D eigenvalue weighted by Gasteiger charge is -2.29. The zero-order valence-corrected chi connectivity index (χ0v) is 60.4. The van der Waals surface area contributed by atoms with Crippen molar-refractivity contribution in [1.29, 1.82) is 0 Å². The van der Waals surface area contributed by atoms with Gasteiger partial charge in [-0.05, 0) is 145 Å². The fraction of sp³-hybridized carbons (Fsp3) is 0.299. The number of hydrogen-bond donors (Lipinski definition) is 6. The van der Waals surface area contributed by atoms with Gasteiger partial charge in [0.05, 0.1) is 35.5 Å². The molecule has 101 heavy (non-hydrogen) atoms. The van der Waals surface area contributed by atoms with Crippen molar-refractivity contribution in [1.82, 2.24) is 20.3 Å². The number of anilines is 1. The molecular formula is C77H90ClN5O16P2. The molecule has 0 fully saturated rings. The van der Waals surface area contributed by atoms with E-state index in [0.717, 1.165) is 27.8 Å². The molecule has 0 saturated heterocycles. The number of esters is 4. The third-order valence-electron chi connectivity index (χ3n) is 14.2. The Kier molecular flexibility index (Phi) is 33.8. The summed E-state index contributed by atoms with van der Waals surface area (Å²) in [6.07, 6.45) is -0.777. The fourth-order valence-corrected chi connectivity index (χ4v) is 13.4. The molecule has 0 saturated carbocycles. The van der Waals surface area contributed by atoms with Crippen LogP contribution in [0.1, 0.15) is 104 Å². The Bertz CT molecular complexity index is 3790. The number of halogens is 1. The number of nitrogens with one attached hydrogen (secondary N) is 5. The second-order valence-corrected chi connectivity index (χ2v) is 28.1. The van der Waals surface area contributed by atoms with E-state index in [2.05, 4.69) is 25.7 Å². The molecule has 21 nitrogen and oxygen atoms in total. The normalized spacial score (nSPS) is 12.5. The Morgan fingerprint density at radius 1 is 0.386 bits per heavy atom. The van der Waals surface area contributed by atoms with E-state index in [4.69, 9.17) is 44.3 Å². The minimum atomic E-state index is -4.36. The van der Waals surface area contributed by atoms with Crippen molar-refractivity contribution in [2.45, 2.75) is 136 Å². The Balaban J connectivity index is 0.000000270. The standard InChI is InChI=1S/C38H44N3O8P.C25H34ClN2O6P.C14H12O2/c1-27(2)48-37(43)33(24-29-16-8-5-9-17-29)40-50(45,41-34(38(44)49-28(3)4)25-30-18-10-6-11-19-30)47-26-46-35-23-15-14-22-32(35)36(42)39-31-20-12-7-13-21-31;1-18(2)33-24(29)22(15-20-11-7-5-8-12-20)27-35(31,32-17-26)28-23(25(30)34-19(3)4)16-21-13-9-6-10-14-21;15-13-9-5-4-8-12(13)14(16)10-11-6-2-1-3-7-11/h5-23,27-28,33-34H,24-26H2,1-4H3,(H,39,42)(H2,40,41,45);5-14,18-19,22-23H,15-17H2,1-4H3,(H2,27,28,31);1-9,15H,10H2/t33-,34-;22-,23-;/m00./s1. The van der Waals surface area contributed by atoms with E-state index in [0.29, 0.717) is 17.7 Å². The average molecular weight is 1440 g/mol. The van der Waals surface area contributed by atoms with Gasteiger partial charge in [0.15, 0.2) is 12.6 Å². The maximum Gasteiger partial charge on any atom is 0.345 e. The van der Waals surface area contributed by atoms with Gasteiger partial charge in [0.25, 0.3) is 5.91 Å². The molecule has 0 spiro atoms. The molecule has 8 aromatic rings. The second-order valence-electron chi connectivity index (χ2n) is 24.1. The van der Waals surface area contributed by atoms with E-state index in [9.17, 15) is 43.0 Å². The van der Waals surface area contributed by atoms with Crippen LogP contribution in [0.2, 0.25) is 0 Å². The van der Waals surface area contributed by atoms with Crippen LogP contribution in [0, 0.1) is 0 Å². The molecule has 1 amide bonds. The lowest BCUT2D eigenvalue weighted by Crippen LogP contribution is -2.47. The highest BCUT2D eigenvalue weighted by molar-refractivity contribution is 7.55. The van der Waals surface area contributed by atoms with Crippen LogP contribution in [-0.2, 0) is 88.4 Å². The predicted octanol–water partition coefficient (Wildman–Crippen LogP) is 14.1. The first-order valence-electron chi connectivity index (χ1n) is 33.0. The monoisotopic (exact) mass is 1440 g/mol. The Hall–Kier alpha value is -9.11. The van der Waals surface area contributed by atoms with Gasteiger partial charge in [0.1, 0.15) is 41.7 Å². The lowest BCUT2D eigenvalue weighted by molar-refractivity contribution is -0.150. The highest BCUT2D eigenvalue weighted by Crippen LogP contribution is 2.42. The van der Waals surface area contributed by atoms with E-state index in [1.165, 1.54) is 6.07 Å². The molecule has 4 atom stereocenters. The number of benzene rings is 8. The van der Waals surface area contributed by atoms with Crippen LogP contribution >= 0.6 is 26.9 Å². The lowest BCUT2D eigenvalue weighted by atomic mass is 10.0. The van der Waals surface area contributed by atoms with Crippen LogP contribution in [0.4, 0.5) is 5.69 Å². The third kappa shape index (κ3) is 29.6. The molecule has 8 aromatic carbocycles. The Labute approximate surface area is 596 Å². The third-order valence-corrected chi connectivity index (χ3v) is 18.1. The summed E-state index contributed by atoms with van der Waals surface area (Å²) in [5.74, 6) is -2.82. The predicted molar refractivity (Wildman–Crippen MR) is 390 cm³/mol. The largest absolute Gasteiger partial charge is 0.507 e.